The lowest BCUT2D eigenvalue weighted by Crippen LogP contribution is -2.44. The van der Waals surface area contributed by atoms with Gasteiger partial charge in [-0.3, -0.25) is 0 Å². The van der Waals surface area contributed by atoms with Gasteiger partial charge in [-0.05, 0) is 48.9 Å². The Morgan fingerprint density at radius 1 is 1.21 bits per heavy atom. The maximum atomic E-state index is 4.20. The van der Waals surface area contributed by atoms with Crippen molar-refractivity contribution in [1.82, 2.24) is 0 Å². The molecule has 2 fully saturated rings. The molecule has 0 aromatic carbocycles. The number of hydrogen-bond acceptors (Lipinski definition) is 0. The van der Waals surface area contributed by atoms with Crippen molar-refractivity contribution in [2.24, 2.45) is 16.7 Å². The first-order valence-corrected chi connectivity index (χ1v) is 6.11. The number of hydrogen-bond donors (Lipinski definition) is 0. The highest BCUT2D eigenvalue weighted by atomic mass is 14.5. The molecule has 0 aliphatic heterocycles. The van der Waals surface area contributed by atoms with Crippen molar-refractivity contribution in [2.75, 3.05) is 0 Å². The summed E-state index contributed by atoms with van der Waals surface area (Å²) in [6, 6.07) is 0. The monoisotopic (exact) mass is 192 g/mol. The number of fused-ring (bicyclic) bond motifs is 1. The maximum Gasteiger partial charge on any atom is -0.0255 e. The van der Waals surface area contributed by atoms with Crippen LogP contribution in [0.3, 0.4) is 0 Å². The maximum absolute atomic E-state index is 4.20. The molecular formula is C14H24. The highest BCUT2D eigenvalue weighted by Gasteiger charge is 2.47. The lowest BCUT2D eigenvalue weighted by molar-refractivity contribution is -0.0168. The van der Waals surface area contributed by atoms with Gasteiger partial charge in [0.2, 0.25) is 0 Å². The van der Waals surface area contributed by atoms with Crippen molar-refractivity contribution in [3.63, 3.8) is 0 Å². The second-order valence-electron chi connectivity index (χ2n) is 6.51. The minimum absolute atomic E-state index is 0.577. The van der Waals surface area contributed by atoms with Crippen LogP contribution in [0.1, 0.15) is 59.3 Å². The Morgan fingerprint density at radius 3 is 2.64 bits per heavy atom. The molecule has 80 valence electrons. The first-order chi connectivity index (χ1) is 6.44. The van der Waals surface area contributed by atoms with E-state index in [1.54, 1.807) is 0 Å². The van der Waals surface area contributed by atoms with Crippen LogP contribution in [0.4, 0.5) is 0 Å². The number of allylic oxidation sites excluding steroid dienone is 1. The fourth-order valence-corrected chi connectivity index (χ4v) is 4.20. The fraction of sp³-hybridized carbons (Fsp3) is 0.857. The van der Waals surface area contributed by atoms with Crippen molar-refractivity contribution in [3.8, 4) is 0 Å². The Morgan fingerprint density at radius 2 is 1.93 bits per heavy atom. The summed E-state index contributed by atoms with van der Waals surface area (Å²) in [6.45, 7) is 11.7. The van der Waals surface area contributed by atoms with Crippen LogP contribution in [0.2, 0.25) is 0 Å². The predicted octanol–water partition coefficient (Wildman–Crippen LogP) is 4.56. The van der Waals surface area contributed by atoms with Gasteiger partial charge < -0.3 is 0 Å². The molecule has 2 atom stereocenters. The molecule has 0 N–H and O–H groups in total. The molecule has 2 aliphatic carbocycles. The van der Waals surface area contributed by atoms with Crippen molar-refractivity contribution >= 4 is 0 Å². The smallest absolute Gasteiger partial charge is 0.0255 e. The zero-order chi connectivity index (χ0) is 10.4. The molecule has 14 heavy (non-hydrogen) atoms. The second-order valence-corrected chi connectivity index (χ2v) is 6.51. The lowest BCUT2D eigenvalue weighted by Gasteiger charge is -2.54. The summed E-state index contributed by atoms with van der Waals surface area (Å²) in [7, 11) is 0. The SMILES string of the molecule is C=C1CC[C@H]2C(C)(C)CCC[C@]2(C)C1. The molecule has 0 heteroatoms. The fourth-order valence-electron chi connectivity index (χ4n) is 4.20. The lowest BCUT2D eigenvalue weighted by atomic mass is 9.51. The van der Waals surface area contributed by atoms with E-state index in [1.807, 2.05) is 0 Å². The zero-order valence-electron chi connectivity index (χ0n) is 10.0. The van der Waals surface area contributed by atoms with Crippen molar-refractivity contribution < 1.29 is 0 Å². The van der Waals surface area contributed by atoms with Gasteiger partial charge in [0.05, 0.1) is 0 Å². The Kier molecular flexibility index (Phi) is 2.28. The zero-order valence-corrected chi connectivity index (χ0v) is 10.0. The standard InChI is InChI=1S/C14H24/c1-11-6-7-12-13(2,3)8-5-9-14(12,4)10-11/h12H,1,5-10H2,2-4H3/t12-,14+/m0/s1. The van der Waals surface area contributed by atoms with E-state index in [4.69, 9.17) is 0 Å². The first-order valence-electron chi connectivity index (χ1n) is 6.11. The number of rotatable bonds is 0. The third-order valence-electron chi connectivity index (χ3n) is 4.79. The van der Waals surface area contributed by atoms with Gasteiger partial charge in [0, 0.05) is 0 Å². The molecule has 2 rings (SSSR count). The van der Waals surface area contributed by atoms with Crippen LogP contribution in [-0.4, -0.2) is 0 Å². The summed E-state index contributed by atoms with van der Waals surface area (Å²) in [5, 5.41) is 0. The van der Waals surface area contributed by atoms with E-state index < -0.39 is 0 Å². The molecule has 0 unspecified atom stereocenters. The van der Waals surface area contributed by atoms with Crippen molar-refractivity contribution in [3.05, 3.63) is 12.2 Å². The van der Waals surface area contributed by atoms with Gasteiger partial charge in [-0.25, -0.2) is 0 Å². The molecule has 2 aliphatic rings. The van der Waals surface area contributed by atoms with E-state index in [0.717, 1.165) is 5.92 Å². The van der Waals surface area contributed by atoms with Gasteiger partial charge in [0.1, 0.15) is 0 Å². The van der Waals surface area contributed by atoms with E-state index in [2.05, 4.69) is 27.4 Å². The molecule has 0 aromatic heterocycles. The van der Waals surface area contributed by atoms with Gasteiger partial charge >= 0.3 is 0 Å². The van der Waals surface area contributed by atoms with Gasteiger partial charge in [0.25, 0.3) is 0 Å². The third kappa shape index (κ3) is 1.53. The average Bonchev–Trinajstić information content (AvgIpc) is 2.00. The molecule has 0 amide bonds. The van der Waals surface area contributed by atoms with Crippen LogP contribution in [0.25, 0.3) is 0 Å². The third-order valence-corrected chi connectivity index (χ3v) is 4.79. The molecule has 0 aromatic rings. The van der Waals surface area contributed by atoms with E-state index in [-0.39, 0.29) is 0 Å². The highest BCUT2D eigenvalue weighted by molar-refractivity contribution is 5.10. The van der Waals surface area contributed by atoms with Gasteiger partial charge in [0.15, 0.2) is 0 Å². The van der Waals surface area contributed by atoms with E-state index in [1.165, 1.54) is 44.1 Å². The van der Waals surface area contributed by atoms with Crippen LogP contribution < -0.4 is 0 Å². The molecule has 0 saturated heterocycles. The van der Waals surface area contributed by atoms with Gasteiger partial charge in [-0.1, -0.05) is 39.3 Å². The summed E-state index contributed by atoms with van der Waals surface area (Å²) in [4.78, 5) is 0. The summed E-state index contributed by atoms with van der Waals surface area (Å²) < 4.78 is 0. The van der Waals surface area contributed by atoms with Crippen LogP contribution in [-0.2, 0) is 0 Å². The highest BCUT2D eigenvalue weighted by Crippen LogP contribution is 2.58. The van der Waals surface area contributed by atoms with E-state index >= 15 is 0 Å². The quantitative estimate of drug-likeness (QED) is 0.494. The van der Waals surface area contributed by atoms with Crippen LogP contribution >= 0.6 is 0 Å². The molecule has 2 saturated carbocycles. The minimum Gasteiger partial charge on any atom is -0.0998 e. The van der Waals surface area contributed by atoms with Gasteiger partial charge in [-0.2, -0.15) is 0 Å². The largest absolute Gasteiger partial charge is 0.0998 e. The van der Waals surface area contributed by atoms with Crippen LogP contribution in [0.15, 0.2) is 12.2 Å². The normalized spacial score (nSPS) is 41.9. The van der Waals surface area contributed by atoms with Gasteiger partial charge in [-0.15, -0.1) is 0 Å². The molecule has 0 heterocycles. The average molecular weight is 192 g/mol. The Balaban J connectivity index is 2.25. The molecule has 0 nitrogen and oxygen atoms in total. The molecule has 0 spiro atoms. The summed E-state index contributed by atoms with van der Waals surface area (Å²) in [5.74, 6) is 0.939. The first kappa shape index (κ1) is 10.3. The molecule has 0 bridgehead atoms. The predicted molar refractivity (Wildman–Crippen MR) is 62.2 cm³/mol. The summed E-state index contributed by atoms with van der Waals surface area (Å²) in [5.41, 5.74) is 2.66. The van der Waals surface area contributed by atoms with E-state index in [0.29, 0.717) is 10.8 Å². The Hall–Kier alpha value is -0.260. The van der Waals surface area contributed by atoms with E-state index in [9.17, 15) is 0 Å². The Labute approximate surface area is 88.8 Å². The van der Waals surface area contributed by atoms with Crippen molar-refractivity contribution in [2.45, 2.75) is 59.3 Å². The van der Waals surface area contributed by atoms with Crippen LogP contribution in [0, 0.1) is 16.7 Å². The molecule has 0 radical (unpaired) electrons. The molecular weight excluding hydrogens is 168 g/mol. The van der Waals surface area contributed by atoms with Crippen LogP contribution in [0.5, 0.6) is 0 Å². The topological polar surface area (TPSA) is 0 Å². The summed E-state index contributed by atoms with van der Waals surface area (Å²) in [6.07, 6.45) is 8.25. The van der Waals surface area contributed by atoms with Crippen molar-refractivity contribution in [1.29, 1.82) is 0 Å². The second kappa shape index (κ2) is 3.12. The summed E-state index contributed by atoms with van der Waals surface area (Å²) >= 11 is 0. The minimum atomic E-state index is 0.577. The Bertz CT molecular complexity index is 249.